The molecule has 3 aromatic carbocycles. The molecule has 0 radical (unpaired) electrons. The predicted molar refractivity (Wildman–Crippen MR) is 130 cm³/mol. The molecule has 1 heterocycles. The van der Waals surface area contributed by atoms with Crippen molar-refractivity contribution in [3.63, 3.8) is 0 Å². The third-order valence-corrected chi connectivity index (χ3v) is 5.92. The third-order valence-electron chi connectivity index (χ3n) is 5.92. The molecule has 35 heavy (non-hydrogen) atoms. The maximum absolute atomic E-state index is 12.5. The molecule has 0 fully saturated rings. The first kappa shape index (κ1) is 24.5. The van der Waals surface area contributed by atoms with E-state index >= 15 is 0 Å². The second-order valence-corrected chi connectivity index (χ2v) is 9.21. The summed E-state index contributed by atoms with van der Waals surface area (Å²) in [5, 5.41) is 12.2. The molecule has 0 aromatic heterocycles. The molecule has 186 valence electrons. The molecule has 0 atom stereocenters. The van der Waals surface area contributed by atoms with Crippen LogP contribution in [0.3, 0.4) is 0 Å². The SMILES string of the molecule is COc1cc(-c2c(CO)c(COC(=O)C(C)(C)C)cc3cc4c(cc23)OCO4)cc(OC)c1OC. The fraction of sp³-hybridized carbons (Fsp3) is 0.370. The van der Waals surface area contributed by atoms with E-state index in [-0.39, 0.29) is 26.0 Å². The maximum Gasteiger partial charge on any atom is 0.311 e. The summed E-state index contributed by atoms with van der Waals surface area (Å²) in [7, 11) is 4.64. The van der Waals surface area contributed by atoms with Crippen LogP contribution in [0.2, 0.25) is 0 Å². The number of aliphatic hydroxyl groups is 1. The van der Waals surface area contributed by atoms with E-state index in [1.807, 2.05) is 30.3 Å². The lowest BCUT2D eigenvalue weighted by Crippen LogP contribution is -2.23. The topological polar surface area (TPSA) is 92.7 Å². The van der Waals surface area contributed by atoms with Crippen molar-refractivity contribution < 1.29 is 38.3 Å². The molecule has 3 aromatic rings. The molecule has 0 unspecified atom stereocenters. The number of rotatable bonds is 7. The highest BCUT2D eigenvalue weighted by atomic mass is 16.7. The van der Waals surface area contributed by atoms with Crippen molar-refractivity contribution in [1.29, 1.82) is 0 Å². The van der Waals surface area contributed by atoms with Gasteiger partial charge < -0.3 is 33.5 Å². The average molecular weight is 483 g/mol. The van der Waals surface area contributed by atoms with Crippen molar-refractivity contribution in [3.05, 3.63) is 41.5 Å². The van der Waals surface area contributed by atoms with Crippen LogP contribution in [0.1, 0.15) is 31.9 Å². The molecule has 0 amide bonds. The van der Waals surface area contributed by atoms with Gasteiger partial charge in [-0.05, 0) is 84.1 Å². The summed E-state index contributed by atoms with van der Waals surface area (Å²) in [5.41, 5.74) is 2.12. The van der Waals surface area contributed by atoms with Gasteiger partial charge in [-0.1, -0.05) is 0 Å². The van der Waals surface area contributed by atoms with Crippen molar-refractivity contribution in [3.8, 4) is 39.9 Å². The number of hydrogen-bond donors (Lipinski definition) is 1. The Morgan fingerprint density at radius 1 is 0.943 bits per heavy atom. The number of carbonyl (C=O) groups is 1. The minimum Gasteiger partial charge on any atom is -0.493 e. The van der Waals surface area contributed by atoms with Crippen LogP contribution < -0.4 is 23.7 Å². The van der Waals surface area contributed by atoms with Crippen LogP contribution in [-0.4, -0.2) is 39.2 Å². The monoisotopic (exact) mass is 482 g/mol. The Bertz CT molecular complexity index is 1250. The summed E-state index contributed by atoms with van der Waals surface area (Å²) >= 11 is 0. The van der Waals surface area contributed by atoms with Crippen LogP contribution in [0, 0.1) is 5.41 Å². The van der Waals surface area contributed by atoms with Gasteiger partial charge in [0.1, 0.15) is 6.61 Å². The van der Waals surface area contributed by atoms with Gasteiger partial charge in [0.2, 0.25) is 12.5 Å². The zero-order chi connectivity index (χ0) is 25.3. The first-order chi connectivity index (χ1) is 16.7. The third kappa shape index (κ3) is 4.53. The molecule has 8 nitrogen and oxygen atoms in total. The summed E-state index contributed by atoms with van der Waals surface area (Å²) in [5.74, 6) is 2.32. The molecule has 1 aliphatic heterocycles. The summed E-state index contributed by atoms with van der Waals surface area (Å²) < 4.78 is 33.4. The van der Waals surface area contributed by atoms with E-state index in [9.17, 15) is 9.90 Å². The summed E-state index contributed by atoms with van der Waals surface area (Å²) in [4.78, 5) is 12.5. The Hall–Kier alpha value is -3.65. The van der Waals surface area contributed by atoms with Crippen LogP contribution in [0.4, 0.5) is 0 Å². The van der Waals surface area contributed by atoms with Gasteiger partial charge in [0.25, 0.3) is 0 Å². The standard InChI is InChI=1S/C27H30O8/c1-27(2,3)26(29)33-13-17-7-15-8-20-21(35-14-34-20)11-18(15)24(19(17)12-28)16-9-22(30-4)25(32-6)23(10-16)31-5/h7-11,28H,12-14H2,1-6H3. The Morgan fingerprint density at radius 2 is 1.57 bits per heavy atom. The summed E-state index contributed by atoms with van der Waals surface area (Å²) in [6, 6.07) is 9.32. The zero-order valence-electron chi connectivity index (χ0n) is 20.8. The van der Waals surface area contributed by atoms with Crippen molar-refractivity contribution in [1.82, 2.24) is 0 Å². The van der Waals surface area contributed by atoms with Gasteiger partial charge in [-0.25, -0.2) is 0 Å². The Kier molecular flexibility index (Phi) is 6.67. The van der Waals surface area contributed by atoms with Crippen molar-refractivity contribution >= 4 is 16.7 Å². The number of aliphatic hydroxyl groups excluding tert-OH is 1. The van der Waals surface area contributed by atoms with Gasteiger partial charge in [-0.15, -0.1) is 0 Å². The van der Waals surface area contributed by atoms with Gasteiger partial charge >= 0.3 is 5.97 Å². The molecule has 1 aliphatic rings. The van der Waals surface area contributed by atoms with Crippen LogP contribution in [0.25, 0.3) is 21.9 Å². The number of benzene rings is 3. The Morgan fingerprint density at radius 3 is 2.11 bits per heavy atom. The van der Waals surface area contributed by atoms with Crippen molar-refractivity contribution in [2.24, 2.45) is 5.41 Å². The van der Waals surface area contributed by atoms with E-state index in [0.29, 0.717) is 39.9 Å². The minimum atomic E-state index is -0.651. The molecule has 0 saturated carbocycles. The van der Waals surface area contributed by atoms with E-state index in [4.69, 9.17) is 28.4 Å². The van der Waals surface area contributed by atoms with Gasteiger partial charge in [-0.2, -0.15) is 0 Å². The number of carbonyl (C=O) groups excluding carboxylic acids is 1. The highest BCUT2D eigenvalue weighted by Crippen LogP contribution is 2.46. The second-order valence-electron chi connectivity index (χ2n) is 9.21. The minimum absolute atomic E-state index is 0.00774. The molecule has 4 rings (SSSR count). The van der Waals surface area contributed by atoms with Gasteiger partial charge in [0.15, 0.2) is 23.0 Å². The average Bonchev–Trinajstić information content (AvgIpc) is 3.30. The van der Waals surface area contributed by atoms with Crippen molar-refractivity contribution in [2.75, 3.05) is 28.1 Å². The van der Waals surface area contributed by atoms with Crippen LogP contribution in [0.5, 0.6) is 28.7 Å². The van der Waals surface area contributed by atoms with Gasteiger partial charge in [0.05, 0.1) is 33.4 Å². The molecule has 0 spiro atoms. The molecule has 0 aliphatic carbocycles. The highest BCUT2D eigenvalue weighted by Gasteiger charge is 2.26. The van der Waals surface area contributed by atoms with Crippen LogP contribution in [-0.2, 0) is 22.7 Å². The zero-order valence-corrected chi connectivity index (χ0v) is 20.8. The summed E-state index contributed by atoms with van der Waals surface area (Å²) in [6.45, 7) is 5.25. The molecular weight excluding hydrogens is 452 g/mol. The maximum atomic E-state index is 12.5. The number of methoxy groups -OCH3 is 3. The van der Waals surface area contributed by atoms with Crippen LogP contribution >= 0.6 is 0 Å². The molecule has 8 heteroatoms. The molecular formula is C27H30O8. The molecule has 0 bridgehead atoms. The number of esters is 1. The van der Waals surface area contributed by atoms with E-state index in [1.165, 1.54) is 0 Å². The number of ether oxygens (including phenoxy) is 6. The van der Waals surface area contributed by atoms with Gasteiger partial charge in [0, 0.05) is 0 Å². The lowest BCUT2D eigenvalue weighted by Gasteiger charge is -2.21. The quantitative estimate of drug-likeness (QED) is 0.478. The highest BCUT2D eigenvalue weighted by molar-refractivity contribution is 6.01. The smallest absolute Gasteiger partial charge is 0.311 e. The first-order valence-electron chi connectivity index (χ1n) is 11.2. The van der Waals surface area contributed by atoms with E-state index in [0.717, 1.165) is 21.9 Å². The fourth-order valence-electron chi connectivity index (χ4n) is 4.12. The number of hydrogen-bond acceptors (Lipinski definition) is 8. The van der Waals surface area contributed by atoms with E-state index in [1.54, 1.807) is 42.1 Å². The first-order valence-corrected chi connectivity index (χ1v) is 11.2. The largest absolute Gasteiger partial charge is 0.493 e. The molecule has 0 saturated heterocycles. The van der Waals surface area contributed by atoms with Crippen molar-refractivity contribution in [2.45, 2.75) is 34.0 Å². The van der Waals surface area contributed by atoms with Gasteiger partial charge in [-0.3, -0.25) is 4.79 Å². The van der Waals surface area contributed by atoms with E-state index in [2.05, 4.69) is 0 Å². The Labute approximate surface area is 204 Å². The lowest BCUT2D eigenvalue weighted by molar-refractivity contribution is -0.154. The number of fused-ring (bicyclic) bond motifs is 2. The normalized spacial score (nSPS) is 12.5. The summed E-state index contributed by atoms with van der Waals surface area (Å²) in [6.07, 6.45) is 0. The Balaban J connectivity index is 1.98. The lowest BCUT2D eigenvalue weighted by atomic mass is 9.89. The van der Waals surface area contributed by atoms with Crippen LogP contribution in [0.15, 0.2) is 30.3 Å². The fourth-order valence-corrected chi connectivity index (χ4v) is 4.12. The predicted octanol–water partition coefficient (Wildman–Crippen LogP) is 4.84. The van der Waals surface area contributed by atoms with E-state index < -0.39 is 5.41 Å². The molecule has 1 N–H and O–H groups in total. The second kappa shape index (κ2) is 9.54.